The number of hydrogen-bond acceptors (Lipinski definition) is 4. The summed E-state index contributed by atoms with van der Waals surface area (Å²) < 4.78 is 0. The fourth-order valence-electron chi connectivity index (χ4n) is 1.71. The molecule has 0 aromatic carbocycles. The maximum atomic E-state index is 11.2. The topological polar surface area (TPSA) is 73.7 Å². The smallest absolute Gasteiger partial charge is 0.335 e. The highest BCUT2D eigenvalue weighted by molar-refractivity contribution is 5.88. The molecule has 0 spiro atoms. The van der Waals surface area contributed by atoms with E-state index in [2.05, 4.69) is 4.98 Å². The maximum Gasteiger partial charge on any atom is 0.335 e. The van der Waals surface area contributed by atoms with E-state index < -0.39 is 12.1 Å². The van der Waals surface area contributed by atoms with Crippen LogP contribution < -0.4 is 4.90 Å². The molecular formula is C14H22N2O3. The second-order valence-corrected chi connectivity index (χ2v) is 5.88. The molecule has 0 aliphatic heterocycles. The molecule has 19 heavy (non-hydrogen) atoms. The van der Waals surface area contributed by atoms with Gasteiger partial charge in [0.05, 0.1) is 11.7 Å². The molecule has 0 saturated heterocycles. The van der Waals surface area contributed by atoms with E-state index in [9.17, 15) is 9.90 Å². The molecule has 0 bridgehead atoms. The van der Waals surface area contributed by atoms with Crippen molar-refractivity contribution in [3.8, 4) is 0 Å². The number of carboxylic acids is 1. The molecule has 1 aromatic heterocycles. The van der Waals surface area contributed by atoms with Crippen LogP contribution in [0.4, 0.5) is 5.82 Å². The third-order valence-corrected chi connectivity index (χ3v) is 2.76. The van der Waals surface area contributed by atoms with Gasteiger partial charge in [-0.05, 0) is 19.1 Å². The summed E-state index contributed by atoms with van der Waals surface area (Å²) in [6.07, 6.45) is -0.502. The number of aliphatic hydroxyl groups excluding tert-OH is 1. The van der Waals surface area contributed by atoms with Gasteiger partial charge in [0.25, 0.3) is 0 Å². The molecule has 0 amide bonds. The van der Waals surface area contributed by atoms with Gasteiger partial charge in [0, 0.05) is 24.7 Å². The Balaban J connectivity index is 3.24. The van der Waals surface area contributed by atoms with E-state index in [1.165, 1.54) is 6.07 Å². The van der Waals surface area contributed by atoms with Gasteiger partial charge in [-0.3, -0.25) is 0 Å². The zero-order chi connectivity index (χ0) is 14.8. The van der Waals surface area contributed by atoms with Crippen molar-refractivity contribution in [1.29, 1.82) is 0 Å². The second kappa shape index (κ2) is 5.57. The van der Waals surface area contributed by atoms with E-state index >= 15 is 0 Å². The van der Waals surface area contributed by atoms with Crippen LogP contribution >= 0.6 is 0 Å². The molecule has 0 saturated carbocycles. The summed E-state index contributed by atoms with van der Waals surface area (Å²) in [4.78, 5) is 17.4. The zero-order valence-corrected chi connectivity index (χ0v) is 12.1. The number of pyridine rings is 1. The summed E-state index contributed by atoms with van der Waals surface area (Å²) in [6, 6.07) is 3.13. The maximum absolute atomic E-state index is 11.2. The lowest BCUT2D eigenvalue weighted by Gasteiger charge is -2.24. The Morgan fingerprint density at radius 2 is 2.00 bits per heavy atom. The van der Waals surface area contributed by atoms with Crippen LogP contribution in [0, 0.1) is 0 Å². The highest BCUT2D eigenvalue weighted by Crippen LogP contribution is 2.24. The Morgan fingerprint density at radius 1 is 1.42 bits per heavy atom. The molecule has 1 rings (SSSR count). The number of aromatic carboxylic acids is 1. The predicted octanol–water partition coefficient (Wildman–Crippen LogP) is 1.89. The molecule has 5 heteroatoms. The van der Waals surface area contributed by atoms with Gasteiger partial charge >= 0.3 is 5.97 Å². The van der Waals surface area contributed by atoms with Crippen molar-refractivity contribution >= 4 is 11.8 Å². The Kier molecular flexibility index (Phi) is 4.52. The SMILES string of the molecule is CC(O)CN(C)c1cc(C(=O)O)cc(C(C)(C)C)n1. The van der Waals surface area contributed by atoms with Crippen molar-refractivity contribution in [2.45, 2.75) is 39.2 Å². The largest absolute Gasteiger partial charge is 0.478 e. The monoisotopic (exact) mass is 266 g/mol. The molecule has 106 valence electrons. The summed E-state index contributed by atoms with van der Waals surface area (Å²) >= 11 is 0. The molecule has 1 heterocycles. The van der Waals surface area contributed by atoms with E-state index in [1.807, 2.05) is 20.8 Å². The van der Waals surface area contributed by atoms with Crippen molar-refractivity contribution < 1.29 is 15.0 Å². The van der Waals surface area contributed by atoms with E-state index in [0.29, 0.717) is 12.4 Å². The minimum atomic E-state index is -0.973. The molecule has 1 aromatic rings. The average molecular weight is 266 g/mol. The Hall–Kier alpha value is -1.62. The van der Waals surface area contributed by atoms with Gasteiger partial charge in [-0.15, -0.1) is 0 Å². The first-order valence-corrected chi connectivity index (χ1v) is 6.26. The molecule has 2 N–H and O–H groups in total. The summed E-state index contributed by atoms with van der Waals surface area (Å²) in [5, 5.41) is 18.6. The lowest BCUT2D eigenvalue weighted by molar-refractivity contribution is 0.0696. The number of rotatable bonds is 4. The third kappa shape index (κ3) is 4.21. The first-order chi connectivity index (χ1) is 8.61. The predicted molar refractivity (Wildman–Crippen MR) is 74.8 cm³/mol. The van der Waals surface area contributed by atoms with Crippen LogP contribution in [0.15, 0.2) is 12.1 Å². The van der Waals surface area contributed by atoms with Gasteiger partial charge in [-0.2, -0.15) is 0 Å². The first-order valence-electron chi connectivity index (χ1n) is 6.26. The lowest BCUT2D eigenvalue weighted by atomic mass is 9.90. The van der Waals surface area contributed by atoms with Crippen molar-refractivity contribution in [2.75, 3.05) is 18.5 Å². The van der Waals surface area contributed by atoms with Gasteiger partial charge < -0.3 is 15.1 Å². The van der Waals surface area contributed by atoms with Crippen molar-refractivity contribution in [2.24, 2.45) is 0 Å². The molecular weight excluding hydrogens is 244 g/mol. The summed E-state index contributed by atoms with van der Waals surface area (Å²) in [5.41, 5.74) is 0.707. The van der Waals surface area contributed by atoms with Crippen molar-refractivity contribution in [3.05, 3.63) is 23.4 Å². The number of nitrogens with zero attached hydrogens (tertiary/aromatic N) is 2. The molecule has 0 fully saturated rings. The molecule has 1 unspecified atom stereocenters. The molecule has 0 aliphatic rings. The Labute approximate surface area is 113 Å². The number of anilines is 1. The average Bonchev–Trinajstić information content (AvgIpc) is 2.26. The van der Waals surface area contributed by atoms with Crippen LogP contribution in [0.2, 0.25) is 0 Å². The number of carbonyl (C=O) groups is 1. The van der Waals surface area contributed by atoms with Gasteiger partial charge in [-0.25, -0.2) is 9.78 Å². The van der Waals surface area contributed by atoms with Crippen LogP contribution in [-0.4, -0.2) is 40.9 Å². The van der Waals surface area contributed by atoms with Crippen molar-refractivity contribution in [1.82, 2.24) is 4.98 Å². The number of aromatic nitrogens is 1. The Morgan fingerprint density at radius 3 is 2.42 bits per heavy atom. The second-order valence-electron chi connectivity index (χ2n) is 5.88. The summed E-state index contributed by atoms with van der Waals surface area (Å²) in [7, 11) is 1.78. The fourth-order valence-corrected chi connectivity index (χ4v) is 1.71. The van der Waals surface area contributed by atoms with Crippen LogP contribution in [0.5, 0.6) is 0 Å². The van der Waals surface area contributed by atoms with Gasteiger partial charge in [0.1, 0.15) is 5.82 Å². The number of hydrogen-bond donors (Lipinski definition) is 2. The third-order valence-electron chi connectivity index (χ3n) is 2.76. The lowest BCUT2D eigenvalue weighted by Crippen LogP contribution is -2.29. The zero-order valence-electron chi connectivity index (χ0n) is 12.1. The summed E-state index contributed by atoms with van der Waals surface area (Å²) in [5.74, 6) is -0.412. The fraction of sp³-hybridized carbons (Fsp3) is 0.571. The number of carboxylic acid groups (broad SMARTS) is 1. The molecule has 0 radical (unpaired) electrons. The van der Waals surface area contributed by atoms with E-state index in [4.69, 9.17) is 5.11 Å². The highest BCUT2D eigenvalue weighted by atomic mass is 16.4. The van der Waals surface area contributed by atoms with E-state index in [1.54, 1.807) is 24.9 Å². The quantitative estimate of drug-likeness (QED) is 0.870. The van der Waals surface area contributed by atoms with Crippen LogP contribution in [0.25, 0.3) is 0 Å². The molecule has 1 atom stereocenters. The van der Waals surface area contributed by atoms with Crippen molar-refractivity contribution in [3.63, 3.8) is 0 Å². The van der Waals surface area contributed by atoms with Crippen LogP contribution in [0.1, 0.15) is 43.7 Å². The first kappa shape index (κ1) is 15.4. The molecule has 5 nitrogen and oxygen atoms in total. The van der Waals surface area contributed by atoms with Gasteiger partial charge in [0.15, 0.2) is 0 Å². The van der Waals surface area contributed by atoms with E-state index in [-0.39, 0.29) is 11.0 Å². The number of likely N-dealkylation sites (N-methyl/N-ethyl adjacent to an activating group) is 1. The van der Waals surface area contributed by atoms with Gasteiger partial charge in [0.2, 0.25) is 0 Å². The minimum Gasteiger partial charge on any atom is -0.478 e. The van der Waals surface area contributed by atoms with Gasteiger partial charge in [-0.1, -0.05) is 20.8 Å². The molecule has 0 aliphatic carbocycles. The summed E-state index contributed by atoms with van der Waals surface area (Å²) in [6.45, 7) is 8.04. The normalized spacial score (nSPS) is 13.2. The van der Waals surface area contributed by atoms with Crippen LogP contribution in [-0.2, 0) is 5.41 Å². The van der Waals surface area contributed by atoms with Crippen LogP contribution in [0.3, 0.4) is 0 Å². The highest BCUT2D eigenvalue weighted by Gasteiger charge is 2.20. The Bertz CT molecular complexity index is 464. The minimum absolute atomic E-state index is 0.215. The number of aliphatic hydroxyl groups is 1. The van der Waals surface area contributed by atoms with E-state index in [0.717, 1.165) is 5.69 Å². The standard InChI is InChI=1S/C14H22N2O3/c1-9(17)8-16(5)12-7-10(13(18)19)6-11(15-12)14(2,3)4/h6-7,9,17H,8H2,1-5H3,(H,18,19).